The number of halogens is 3. The van der Waals surface area contributed by atoms with E-state index in [0.29, 0.717) is 29.0 Å². The monoisotopic (exact) mass is 362 g/mol. The molecule has 1 aromatic rings. The molecule has 0 aromatic heterocycles. The van der Waals surface area contributed by atoms with E-state index in [4.69, 9.17) is 17.3 Å². The van der Waals surface area contributed by atoms with Gasteiger partial charge in [0, 0.05) is 16.0 Å². The van der Waals surface area contributed by atoms with Crippen molar-refractivity contribution < 1.29 is 8.42 Å². The van der Waals surface area contributed by atoms with Crippen LogP contribution >= 0.6 is 39.9 Å². The van der Waals surface area contributed by atoms with Crippen LogP contribution in [0.25, 0.3) is 0 Å². The fourth-order valence-corrected chi connectivity index (χ4v) is 3.53. The first kappa shape index (κ1) is 17.2. The maximum atomic E-state index is 11.8. The van der Waals surface area contributed by atoms with Gasteiger partial charge in [-0.25, -0.2) is 13.1 Å². The summed E-state index contributed by atoms with van der Waals surface area (Å²) in [6.45, 7) is 0.776. The second-order valence-corrected chi connectivity index (χ2v) is 6.14. The van der Waals surface area contributed by atoms with Crippen molar-refractivity contribution in [3.63, 3.8) is 0 Å². The van der Waals surface area contributed by atoms with Crippen LogP contribution < -0.4 is 10.5 Å². The number of nitrogens with two attached hydrogens (primary N) is 1. The van der Waals surface area contributed by atoms with Crippen molar-refractivity contribution in [2.45, 2.75) is 11.3 Å². The van der Waals surface area contributed by atoms with Crippen molar-refractivity contribution in [2.75, 3.05) is 13.1 Å². The Morgan fingerprint density at radius 3 is 2.59 bits per heavy atom. The van der Waals surface area contributed by atoms with Crippen LogP contribution in [0, 0.1) is 0 Å². The third-order valence-corrected chi connectivity index (χ3v) is 4.53. The Labute approximate surface area is 121 Å². The van der Waals surface area contributed by atoms with Crippen LogP contribution in [0.5, 0.6) is 0 Å². The van der Waals surface area contributed by atoms with Crippen LogP contribution in [0.3, 0.4) is 0 Å². The van der Waals surface area contributed by atoms with E-state index >= 15 is 0 Å². The van der Waals surface area contributed by atoms with Gasteiger partial charge in [-0.3, -0.25) is 0 Å². The molecule has 0 saturated heterocycles. The summed E-state index contributed by atoms with van der Waals surface area (Å²) in [6, 6.07) is 4.53. The molecule has 4 nitrogen and oxygen atoms in total. The van der Waals surface area contributed by atoms with E-state index in [1.165, 1.54) is 12.1 Å². The van der Waals surface area contributed by atoms with Crippen molar-refractivity contribution >= 4 is 50.0 Å². The summed E-state index contributed by atoms with van der Waals surface area (Å²) in [5.41, 5.74) is 5.28. The van der Waals surface area contributed by atoms with Gasteiger partial charge in [0.15, 0.2) is 0 Å². The van der Waals surface area contributed by atoms with E-state index in [1.807, 2.05) is 0 Å². The first-order valence-electron chi connectivity index (χ1n) is 4.62. The van der Waals surface area contributed by atoms with E-state index in [9.17, 15) is 8.42 Å². The normalized spacial score (nSPS) is 11.0. The molecule has 0 atom stereocenters. The molecule has 0 amide bonds. The number of rotatable bonds is 5. The van der Waals surface area contributed by atoms with Crippen LogP contribution in [-0.2, 0) is 10.0 Å². The maximum Gasteiger partial charge on any atom is 0.241 e. The highest BCUT2D eigenvalue weighted by Gasteiger charge is 2.16. The molecule has 1 rings (SSSR count). The number of benzene rings is 1. The van der Waals surface area contributed by atoms with Crippen molar-refractivity contribution in [3.8, 4) is 0 Å². The Hall–Kier alpha value is 0.150. The standard InChI is InChI=1S/C9H12BrClN2O2S.ClH/c10-8-6-7(11)2-3-9(8)16(14,15)13-5-1-4-12;/h2-3,6,13H,1,4-5,12H2;1H. The summed E-state index contributed by atoms with van der Waals surface area (Å²) in [7, 11) is -3.49. The van der Waals surface area contributed by atoms with Gasteiger partial charge >= 0.3 is 0 Å². The molecule has 8 heteroatoms. The summed E-state index contributed by atoms with van der Waals surface area (Å²) < 4.78 is 26.5. The van der Waals surface area contributed by atoms with Crippen molar-refractivity contribution in [1.29, 1.82) is 0 Å². The fourth-order valence-electron chi connectivity index (χ4n) is 1.08. The summed E-state index contributed by atoms with van der Waals surface area (Å²) in [6.07, 6.45) is 0.602. The van der Waals surface area contributed by atoms with E-state index in [0.717, 1.165) is 0 Å². The minimum absolute atomic E-state index is 0. The Kier molecular flexibility index (Phi) is 7.62. The molecule has 0 aliphatic carbocycles. The Balaban J connectivity index is 0.00000256. The van der Waals surface area contributed by atoms with Gasteiger partial charge in [0.1, 0.15) is 0 Å². The maximum absolute atomic E-state index is 11.8. The van der Waals surface area contributed by atoms with Crippen LogP contribution in [0.1, 0.15) is 6.42 Å². The smallest absolute Gasteiger partial charge is 0.241 e. The third-order valence-electron chi connectivity index (χ3n) is 1.86. The second kappa shape index (κ2) is 7.56. The quantitative estimate of drug-likeness (QED) is 0.787. The van der Waals surface area contributed by atoms with Crippen LogP contribution in [0.15, 0.2) is 27.6 Å². The number of hydrogen-bond donors (Lipinski definition) is 2. The Bertz CT molecular complexity index is 468. The van der Waals surface area contributed by atoms with Crippen molar-refractivity contribution in [1.82, 2.24) is 4.72 Å². The first-order valence-corrected chi connectivity index (χ1v) is 7.27. The molecule has 0 radical (unpaired) electrons. The highest BCUT2D eigenvalue weighted by atomic mass is 79.9. The summed E-state index contributed by atoms with van der Waals surface area (Å²) >= 11 is 8.90. The van der Waals surface area contributed by atoms with Crippen molar-refractivity contribution in [3.05, 3.63) is 27.7 Å². The van der Waals surface area contributed by atoms with Gasteiger partial charge in [-0.05, 0) is 47.1 Å². The lowest BCUT2D eigenvalue weighted by molar-refractivity contribution is 0.579. The molecule has 0 fully saturated rings. The minimum Gasteiger partial charge on any atom is -0.330 e. The topological polar surface area (TPSA) is 72.2 Å². The second-order valence-electron chi connectivity index (χ2n) is 3.11. The van der Waals surface area contributed by atoms with Gasteiger partial charge in [0.05, 0.1) is 4.90 Å². The molecule has 98 valence electrons. The number of hydrogen-bond acceptors (Lipinski definition) is 3. The molecule has 0 spiro atoms. The lowest BCUT2D eigenvalue weighted by Crippen LogP contribution is -2.26. The van der Waals surface area contributed by atoms with Crippen molar-refractivity contribution in [2.24, 2.45) is 5.73 Å². The summed E-state index contributed by atoms with van der Waals surface area (Å²) in [5.74, 6) is 0. The molecule has 17 heavy (non-hydrogen) atoms. The number of sulfonamides is 1. The molecule has 0 bridgehead atoms. The van der Waals surface area contributed by atoms with Gasteiger partial charge in [-0.2, -0.15) is 0 Å². The van der Waals surface area contributed by atoms with Crippen LogP contribution in [0.4, 0.5) is 0 Å². The van der Waals surface area contributed by atoms with Gasteiger partial charge in [0.2, 0.25) is 10.0 Å². The van der Waals surface area contributed by atoms with E-state index in [2.05, 4.69) is 20.7 Å². The Morgan fingerprint density at radius 1 is 1.41 bits per heavy atom. The van der Waals surface area contributed by atoms with E-state index in [-0.39, 0.29) is 17.3 Å². The highest BCUT2D eigenvalue weighted by Crippen LogP contribution is 2.25. The number of nitrogens with one attached hydrogen (secondary N) is 1. The lowest BCUT2D eigenvalue weighted by atomic mass is 10.4. The molecule has 0 aliphatic heterocycles. The fraction of sp³-hybridized carbons (Fsp3) is 0.333. The average Bonchev–Trinajstić information content (AvgIpc) is 2.17. The van der Waals surface area contributed by atoms with Gasteiger partial charge in [-0.1, -0.05) is 11.6 Å². The first-order chi connectivity index (χ1) is 7.47. The molecule has 0 unspecified atom stereocenters. The predicted molar refractivity (Wildman–Crippen MR) is 75.3 cm³/mol. The zero-order valence-electron chi connectivity index (χ0n) is 8.82. The molecule has 0 aliphatic rings. The van der Waals surface area contributed by atoms with Crippen LogP contribution in [-0.4, -0.2) is 21.5 Å². The van der Waals surface area contributed by atoms with E-state index < -0.39 is 10.0 Å². The van der Waals surface area contributed by atoms with Gasteiger partial charge < -0.3 is 5.73 Å². The zero-order valence-corrected chi connectivity index (χ0v) is 12.8. The molecule has 0 heterocycles. The zero-order chi connectivity index (χ0) is 12.2. The van der Waals surface area contributed by atoms with E-state index in [1.54, 1.807) is 6.07 Å². The highest BCUT2D eigenvalue weighted by molar-refractivity contribution is 9.10. The van der Waals surface area contributed by atoms with Gasteiger partial charge in [0.25, 0.3) is 0 Å². The largest absolute Gasteiger partial charge is 0.330 e. The third kappa shape index (κ3) is 5.11. The van der Waals surface area contributed by atoms with Crippen LogP contribution in [0.2, 0.25) is 5.02 Å². The molecular weight excluding hydrogens is 351 g/mol. The van der Waals surface area contributed by atoms with Gasteiger partial charge in [-0.15, -0.1) is 12.4 Å². The summed E-state index contributed by atoms with van der Waals surface area (Å²) in [5, 5.41) is 0.479. The molecular formula is C9H13BrCl2N2O2S. The molecule has 0 saturated carbocycles. The Morgan fingerprint density at radius 2 is 2.06 bits per heavy atom. The molecule has 1 aromatic carbocycles. The average molecular weight is 364 g/mol. The predicted octanol–water partition coefficient (Wildman–Crippen LogP) is 2.15. The minimum atomic E-state index is -3.49. The SMILES string of the molecule is Cl.NCCCNS(=O)(=O)c1ccc(Cl)cc1Br. The lowest BCUT2D eigenvalue weighted by Gasteiger charge is -2.08. The molecule has 3 N–H and O–H groups in total. The summed E-state index contributed by atoms with van der Waals surface area (Å²) in [4.78, 5) is 0.175.